The number of ether oxygens (including phenoxy) is 2. The number of unbranched alkanes of at least 4 members (excludes halogenated alkanes) is 24. The summed E-state index contributed by atoms with van der Waals surface area (Å²) < 4.78 is 11.2. The Morgan fingerprint density at radius 3 is 1.58 bits per heavy atom. The van der Waals surface area contributed by atoms with Crippen molar-refractivity contribution in [1.82, 2.24) is 5.32 Å². The van der Waals surface area contributed by atoms with Gasteiger partial charge in [0.1, 0.15) is 24.4 Å². The number of rotatable bonds is 36. The molecule has 1 fully saturated rings. The molecule has 7 unspecified atom stereocenters. The fraction of sp³-hybridized carbons (Fsp3) is 0.886. The van der Waals surface area contributed by atoms with E-state index in [0.717, 1.165) is 38.5 Å². The number of carbonyl (C=O) groups is 1. The minimum absolute atomic E-state index is 0.187. The molecule has 1 rings (SSSR count). The minimum Gasteiger partial charge on any atom is -0.394 e. The van der Waals surface area contributed by atoms with Crippen molar-refractivity contribution in [1.29, 1.82) is 0 Å². The number of aliphatic hydroxyl groups is 5. The van der Waals surface area contributed by atoms with Gasteiger partial charge in [-0.05, 0) is 32.1 Å². The molecule has 1 saturated heterocycles. The lowest BCUT2D eigenvalue weighted by Crippen LogP contribution is -2.60. The summed E-state index contributed by atoms with van der Waals surface area (Å²) in [5.74, 6) is -0.187. The largest absolute Gasteiger partial charge is 0.394 e. The maximum absolute atomic E-state index is 12.9. The Morgan fingerprint density at radius 2 is 1.08 bits per heavy atom. The molecule has 312 valence electrons. The molecule has 1 aliphatic heterocycles. The van der Waals surface area contributed by atoms with Crippen LogP contribution in [0.4, 0.5) is 0 Å². The number of hydrogen-bond acceptors (Lipinski definition) is 8. The van der Waals surface area contributed by atoms with Crippen LogP contribution in [-0.4, -0.2) is 87.5 Å². The molecule has 0 aromatic rings. The quantitative estimate of drug-likeness (QED) is 0.0275. The Morgan fingerprint density at radius 1 is 0.623 bits per heavy atom. The molecule has 1 amide bonds. The highest BCUT2D eigenvalue weighted by Crippen LogP contribution is 2.22. The van der Waals surface area contributed by atoms with Crippen molar-refractivity contribution < 1.29 is 39.8 Å². The van der Waals surface area contributed by atoms with Crippen molar-refractivity contribution >= 4 is 5.91 Å². The molecule has 0 saturated carbocycles. The fourth-order valence-corrected chi connectivity index (χ4v) is 6.94. The molecule has 0 aromatic carbocycles. The van der Waals surface area contributed by atoms with E-state index in [1.165, 1.54) is 135 Å². The zero-order chi connectivity index (χ0) is 38.8. The van der Waals surface area contributed by atoms with Crippen molar-refractivity contribution in [2.45, 2.75) is 236 Å². The number of amides is 1. The maximum atomic E-state index is 12.9. The smallest absolute Gasteiger partial charge is 0.220 e. The van der Waals surface area contributed by atoms with Gasteiger partial charge in [0, 0.05) is 6.42 Å². The van der Waals surface area contributed by atoms with Gasteiger partial charge in [-0.1, -0.05) is 179 Å². The Bertz CT molecular complexity index is 883. The average Bonchev–Trinajstić information content (AvgIpc) is 3.16. The van der Waals surface area contributed by atoms with Crippen molar-refractivity contribution in [3.05, 3.63) is 24.3 Å². The molecule has 9 nitrogen and oxygen atoms in total. The van der Waals surface area contributed by atoms with Crippen LogP contribution in [-0.2, 0) is 14.3 Å². The first-order valence-corrected chi connectivity index (χ1v) is 22.1. The first-order valence-electron chi connectivity index (χ1n) is 22.1. The van der Waals surface area contributed by atoms with Crippen LogP contribution in [0, 0.1) is 0 Å². The van der Waals surface area contributed by atoms with Crippen LogP contribution >= 0.6 is 0 Å². The summed E-state index contributed by atoms with van der Waals surface area (Å²) in [5, 5.41) is 54.1. The number of hydrogen-bond donors (Lipinski definition) is 6. The van der Waals surface area contributed by atoms with Gasteiger partial charge in [0.05, 0.1) is 25.4 Å². The van der Waals surface area contributed by atoms with Crippen molar-refractivity contribution in [3.63, 3.8) is 0 Å². The number of aliphatic hydroxyl groups excluding tert-OH is 5. The lowest BCUT2D eigenvalue weighted by Gasteiger charge is -2.40. The highest BCUT2D eigenvalue weighted by Gasteiger charge is 2.44. The summed E-state index contributed by atoms with van der Waals surface area (Å²) >= 11 is 0. The second-order valence-electron chi connectivity index (χ2n) is 15.5. The van der Waals surface area contributed by atoms with Crippen LogP contribution in [0.3, 0.4) is 0 Å². The van der Waals surface area contributed by atoms with Gasteiger partial charge >= 0.3 is 0 Å². The third-order valence-corrected chi connectivity index (χ3v) is 10.5. The van der Waals surface area contributed by atoms with E-state index in [2.05, 4.69) is 31.3 Å². The summed E-state index contributed by atoms with van der Waals surface area (Å²) in [6.45, 7) is 3.75. The predicted molar refractivity (Wildman–Crippen MR) is 217 cm³/mol. The topological polar surface area (TPSA) is 149 Å². The van der Waals surface area contributed by atoms with Crippen LogP contribution in [0.2, 0.25) is 0 Å². The van der Waals surface area contributed by atoms with Crippen LogP contribution < -0.4 is 5.32 Å². The Labute approximate surface area is 324 Å². The summed E-state index contributed by atoms with van der Waals surface area (Å²) in [4.78, 5) is 12.9. The standard InChI is InChI=1S/C44H83NO8/c1-3-5-7-9-11-13-15-17-18-19-20-22-23-25-27-29-31-33-38(47)37(36-52-44-43(51)42(50)41(49)39(35-46)53-44)45-40(48)34-32-30-28-26-24-21-16-14-12-10-8-6-4-2/h23,25,31,33,37-39,41-44,46-47,49-51H,3-22,24,26-30,32,34-36H2,1-2H3,(H,45,48)/b25-23+,33-31+. The molecule has 7 atom stereocenters. The summed E-state index contributed by atoms with van der Waals surface area (Å²) in [6.07, 6.45) is 33.6. The van der Waals surface area contributed by atoms with Gasteiger partial charge in [-0.3, -0.25) is 4.79 Å². The molecule has 0 radical (unpaired) electrons. The number of allylic oxidation sites excluding steroid dienone is 3. The average molecular weight is 754 g/mol. The molecule has 1 heterocycles. The van der Waals surface area contributed by atoms with Crippen LogP contribution in [0.15, 0.2) is 24.3 Å². The summed E-state index contributed by atoms with van der Waals surface area (Å²) in [5.41, 5.74) is 0. The summed E-state index contributed by atoms with van der Waals surface area (Å²) in [6, 6.07) is -0.815. The Balaban J connectivity index is 2.41. The zero-order valence-corrected chi connectivity index (χ0v) is 34.0. The Kier molecular flexibility index (Phi) is 32.9. The molecule has 0 bridgehead atoms. The maximum Gasteiger partial charge on any atom is 0.220 e. The first kappa shape index (κ1) is 49.7. The first-order chi connectivity index (χ1) is 25.8. The number of carbonyl (C=O) groups excluding carboxylic acids is 1. The van der Waals surface area contributed by atoms with Crippen molar-refractivity contribution in [3.8, 4) is 0 Å². The lowest BCUT2D eigenvalue weighted by atomic mass is 9.99. The zero-order valence-electron chi connectivity index (χ0n) is 34.0. The fourth-order valence-electron chi connectivity index (χ4n) is 6.94. The highest BCUT2D eigenvalue weighted by molar-refractivity contribution is 5.76. The van der Waals surface area contributed by atoms with Crippen LogP contribution in [0.5, 0.6) is 0 Å². The number of nitrogens with one attached hydrogen (secondary N) is 1. The van der Waals surface area contributed by atoms with E-state index in [1.807, 2.05) is 6.08 Å². The SMILES string of the molecule is CCCCCCCCCCCCC/C=C/CC/C=C/C(O)C(COC1OC(CO)C(O)C(O)C1O)NC(=O)CCCCCCCCCCCCCCC. The molecule has 0 spiro atoms. The van der Waals surface area contributed by atoms with Crippen LogP contribution in [0.25, 0.3) is 0 Å². The van der Waals surface area contributed by atoms with Crippen molar-refractivity contribution in [2.75, 3.05) is 13.2 Å². The molecule has 0 aliphatic carbocycles. The molecule has 53 heavy (non-hydrogen) atoms. The van der Waals surface area contributed by atoms with E-state index < -0.39 is 49.5 Å². The van der Waals surface area contributed by atoms with Crippen LogP contribution in [0.1, 0.15) is 194 Å². The van der Waals surface area contributed by atoms with E-state index in [1.54, 1.807) is 6.08 Å². The van der Waals surface area contributed by atoms with E-state index in [0.29, 0.717) is 6.42 Å². The van der Waals surface area contributed by atoms with E-state index in [4.69, 9.17) is 9.47 Å². The van der Waals surface area contributed by atoms with E-state index in [-0.39, 0.29) is 12.5 Å². The molecular weight excluding hydrogens is 670 g/mol. The van der Waals surface area contributed by atoms with Gasteiger partial charge in [0.25, 0.3) is 0 Å². The third kappa shape index (κ3) is 26.2. The molecule has 0 aromatic heterocycles. The van der Waals surface area contributed by atoms with E-state index in [9.17, 15) is 30.3 Å². The minimum atomic E-state index is -1.57. The molecule has 1 aliphatic rings. The molecule has 9 heteroatoms. The monoisotopic (exact) mass is 754 g/mol. The second-order valence-corrected chi connectivity index (χ2v) is 15.5. The molecule has 6 N–H and O–H groups in total. The van der Waals surface area contributed by atoms with Gasteiger partial charge in [-0.25, -0.2) is 0 Å². The van der Waals surface area contributed by atoms with Gasteiger partial charge in [-0.15, -0.1) is 0 Å². The van der Waals surface area contributed by atoms with Gasteiger partial charge in [-0.2, -0.15) is 0 Å². The third-order valence-electron chi connectivity index (χ3n) is 10.5. The normalized spacial score (nSPS) is 21.8. The van der Waals surface area contributed by atoms with Gasteiger partial charge < -0.3 is 40.3 Å². The van der Waals surface area contributed by atoms with E-state index >= 15 is 0 Å². The molecular formula is C44H83NO8. The van der Waals surface area contributed by atoms with Gasteiger partial charge in [0.2, 0.25) is 5.91 Å². The summed E-state index contributed by atoms with van der Waals surface area (Å²) in [7, 11) is 0. The predicted octanol–water partition coefficient (Wildman–Crippen LogP) is 8.72. The second kappa shape index (κ2) is 35.1. The van der Waals surface area contributed by atoms with Crippen molar-refractivity contribution in [2.24, 2.45) is 0 Å². The highest BCUT2D eigenvalue weighted by atomic mass is 16.7. The van der Waals surface area contributed by atoms with Gasteiger partial charge in [0.15, 0.2) is 6.29 Å². The Hall–Kier alpha value is -1.33. The lowest BCUT2D eigenvalue weighted by molar-refractivity contribution is -0.302.